The average molecular weight is 227 g/mol. The molecule has 2 N–H and O–H groups in total. The fourth-order valence-electron chi connectivity index (χ4n) is 1.49. The van der Waals surface area contributed by atoms with Crippen LogP contribution < -0.4 is 5.73 Å². The Morgan fingerprint density at radius 3 is 2.60 bits per heavy atom. The van der Waals surface area contributed by atoms with E-state index in [-0.39, 0.29) is 5.25 Å². The molecule has 0 aliphatic rings. The van der Waals surface area contributed by atoms with Crippen molar-refractivity contribution >= 4 is 15.5 Å². The molecule has 84 valence electrons. The van der Waals surface area contributed by atoms with Gasteiger partial charge in [-0.1, -0.05) is 19.4 Å². The summed E-state index contributed by atoms with van der Waals surface area (Å²) < 4.78 is 24.0. The van der Waals surface area contributed by atoms with E-state index in [0.717, 1.165) is 6.42 Å². The average Bonchev–Trinajstić information content (AvgIpc) is 2.18. The van der Waals surface area contributed by atoms with Gasteiger partial charge >= 0.3 is 0 Å². The molecule has 1 unspecified atom stereocenters. The fourth-order valence-corrected chi connectivity index (χ4v) is 3.06. The van der Waals surface area contributed by atoms with Crippen LogP contribution >= 0.6 is 0 Å². The number of rotatable bonds is 4. The first-order valence-corrected chi connectivity index (χ1v) is 6.62. The van der Waals surface area contributed by atoms with Crippen LogP contribution in [-0.4, -0.2) is 13.7 Å². The fraction of sp³-hybridized carbons (Fsp3) is 0.455. The molecule has 4 heteroatoms. The van der Waals surface area contributed by atoms with E-state index in [2.05, 4.69) is 0 Å². The highest BCUT2D eigenvalue weighted by Crippen LogP contribution is 2.20. The first-order valence-electron chi connectivity index (χ1n) is 5.08. The summed E-state index contributed by atoms with van der Waals surface area (Å²) in [4.78, 5) is 0.323. The number of anilines is 1. The maximum atomic E-state index is 12.0. The third kappa shape index (κ3) is 2.72. The predicted octanol–water partition coefficient (Wildman–Crippen LogP) is 2.23. The van der Waals surface area contributed by atoms with Crippen LogP contribution in [0.1, 0.15) is 26.7 Å². The molecule has 0 aliphatic carbocycles. The van der Waals surface area contributed by atoms with Gasteiger partial charge in [0, 0.05) is 5.69 Å². The van der Waals surface area contributed by atoms with Crippen molar-refractivity contribution in [3.05, 3.63) is 24.3 Å². The molecular formula is C11H17NO2S. The van der Waals surface area contributed by atoms with Crippen molar-refractivity contribution < 1.29 is 8.42 Å². The van der Waals surface area contributed by atoms with Crippen molar-refractivity contribution in [3.63, 3.8) is 0 Å². The Bertz CT molecular complexity index is 426. The van der Waals surface area contributed by atoms with Gasteiger partial charge in [-0.15, -0.1) is 0 Å². The lowest BCUT2D eigenvalue weighted by atomic mass is 10.3. The maximum Gasteiger partial charge on any atom is 0.181 e. The highest BCUT2D eigenvalue weighted by molar-refractivity contribution is 7.92. The standard InChI is InChI=1S/C11H17NO2S/c1-3-5-9(2)15(13,14)11-7-4-6-10(12)8-11/h4,6-9H,3,5,12H2,1-2H3. The molecule has 3 nitrogen and oxygen atoms in total. The summed E-state index contributed by atoms with van der Waals surface area (Å²) in [6.07, 6.45) is 1.54. The van der Waals surface area contributed by atoms with Crippen molar-refractivity contribution in [2.75, 3.05) is 5.73 Å². The Morgan fingerprint density at radius 1 is 1.40 bits per heavy atom. The molecule has 15 heavy (non-hydrogen) atoms. The number of hydrogen-bond donors (Lipinski definition) is 1. The molecule has 0 amide bonds. The monoisotopic (exact) mass is 227 g/mol. The molecule has 0 aromatic heterocycles. The number of benzene rings is 1. The van der Waals surface area contributed by atoms with Crippen LogP contribution in [0.15, 0.2) is 29.2 Å². The summed E-state index contributed by atoms with van der Waals surface area (Å²) in [6.45, 7) is 3.72. The highest BCUT2D eigenvalue weighted by atomic mass is 32.2. The number of hydrogen-bond acceptors (Lipinski definition) is 3. The number of nitrogens with two attached hydrogens (primary N) is 1. The Labute approximate surface area is 91.2 Å². The second-order valence-corrected chi connectivity index (χ2v) is 6.08. The molecule has 0 spiro atoms. The van der Waals surface area contributed by atoms with E-state index in [0.29, 0.717) is 17.0 Å². The van der Waals surface area contributed by atoms with E-state index in [4.69, 9.17) is 5.73 Å². The summed E-state index contributed by atoms with van der Waals surface area (Å²) in [5.41, 5.74) is 6.05. The van der Waals surface area contributed by atoms with Crippen LogP contribution in [0.2, 0.25) is 0 Å². The minimum Gasteiger partial charge on any atom is -0.399 e. The van der Waals surface area contributed by atoms with Gasteiger partial charge in [-0.3, -0.25) is 0 Å². The quantitative estimate of drug-likeness (QED) is 0.802. The third-order valence-electron chi connectivity index (χ3n) is 2.41. The Balaban J connectivity index is 3.06. The van der Waals surface area contributed by atoms with Crippen LogP contribution in [0.5, 0.6) is 0 Å². The molecule has 1 atom stereocenters. The van der Waals surface area contributed by atoms with E-state index < -0.39 is 9.84 Å². The van der Waals surface area contributed by atoms with E-state index in [9.17, 15) is 8.42 Å². The maximum absolute atomic E-state index is 12.0. The molecule has 1 aromatic rings. The van der Waals surface area contributed by atoms with Crippen molar-refractivity contribution in [1.82, 2.24) is 0 Å². The highest BCUT2D eigenvalue weighted by Gasteiger charge is 2.22. The van der Waals surface area contributed by atoms with E-state index >= 15 is 0 Å². The lowest BCUT2D eigenvalue weighted by Gasteiger charge is -2.12. The zero-order valence-corrected chi connectivity index (χ0v) is 9.92. The Hall–Kier alpha value is -1.03. The van der Waals surface area contributed by atoms with Crippen LogP contribution in [0, 0.1) is 0 Å². The topological polar surface area (TPSA) is 60.2 Å². The second kappa shape index (κ2) is 4.66. The van der Waals surface area contributed by atoms with Gasteiger partial charge in [0.1, 0.15) is 0 Å². The van der Waals surface area contributed by atoms with Crippen molar-refractivity contribution in [3.8, 4) is 0 Å². The SMILES string of the molecule is CCCC(C)S(=O)(=O)c1cccc(N)c1. The van der Waals surface area contributed by atoms with Gasteiger partial charge in [-0.25, -0.2) is 8.42 Å². The van der Waals surface area contributed by atoms with Crippen molar-refractivity contribution in [2.24, 2.45) is 0 Å². The molecule has 0 aliphatic heterocycles. The number of sulfone groups is 1. The molecule has 0 bridgehead atoms. The van der Waals surface area contributed by atoms with Gasteiger partial charge in [0.15, 0.2) is 9.84 Å². The van der Waals surface area contributed by atoms with Crippen molar-refractivity contribution in [2.45, 2.75) is 36.8 Å². The molecule has 0 saturated carbocycles. The lowest BCUT2D eigenvalue weighted by molar-refractivity contribution is 0.576. The van der Waals surface area contributed by atoms with Gasteiger partial charge < -0.3 is 5.73 Å². The van der Waals surface area contributed by atoms with Crippen molar-refractivity contribution in [1.29, 1.82) is 0 Å². The largest absolute Gasteiger partial charge is 0.399 e. The Morgan fingerprint density at radius 2 is 2.07 bits per heavy atom. The van der Waals surface area contributed by atoms with Gasteiger partial charge in [0.2, 0.25) is 0 Å². The minimum atomic E-state index is -3.20. The third-order valence-corrected chi connectivity index (χ3v) is 4.62. The molecule has 1 aromatic carbocycles. The van der Waals surface area contributed by atoms with E-state index in [1.807, 2.05) is 6.92 Å². The summed E-state index contributed by atoms with van der Waals surface area (Å²) >= 11 is 0. The zero-order chi connectivity index (χ0) is 11.5. The molecular weight excluding hydrogens is 210 g/mol. The second-order valence-electron chi connectivity index (χ2n) is 3.72. The smallest absolute Gasteiger partial charge is 0.181 e. The molecule has 0 fully saturated rings. The van der Waals surface area contributed by atoms with Crippen LogP contribution in [0.3, 0.4) is 0 Å². The van der Waals surface area contributed by atoms with Gasteiger partial charge in [-0.05, 0) is 31.5 Å². The molecule has 1 rings (SSSR count). The van der Waals surface area contributed by atoms with E-state index in [1.54, 1.807) is 25.1 Å². The molecule has 0 heterocycles. The normalized spacial score (nSPS) is 13.7. The Kier molecular flexibility index (Phi) is 3.74. The molecule has 0 radical (unpaired) electrons. The summed E-state index contributed by atoms with van der Waals surface area (Å²) in [7, 11) is -3.20. The number of nitrogen functional groups attached to an aromatic ring is 1. The summed E-state index contributed by atoms with van der Waals surface area (Å²) in [5.74, 6) is 0. The first-order chi connectivity index (χ1) is 6.98. The predicted molar refractivity (Wildman–Crippen MR) is 62.4 cm³/mol. The van der Waals surface area contributed by atoms with Crippen LogP contribution in [0.4, 0.5) is 5.69 Å². The van der Waals surface area contributed by atoms with Gasteiger partial charge in [-0.2, -0.15) is 0 Å². The summed E-state index contributed by atoms with van der Waals surface area (Å²) in [5, 5.41) is -0.343. The first kappa shape index (κ1) is 12.0. The van der Waals surface area contributed by atoms with Gasteiger partial charge in [0.25, 0.3) is 0 Å². The lowest BCUT2D eigenvalue weighted by Crippen LogP contribution is -2.17. The van der Waals surface area contributed by atoms with Crippen LogP contribution in [0.25, 0.3) is 0 Å². The van der Waals surface area contributed by atoms with Gasteiger partial charge in [0.05, 0.1) is 10.1 Å². The minimum absolute atomic E-state index is 0.323. The zero-order valence-electron chi connectivity index (χ0n) is 9.10. The summed E-state index contributed by atoms with van der Waals surface area (Å²) in [6, 6.07) is 6.46. The molecule has 0 saturated heterocycles. The van der Waals surface area contributed by atoms with E-state index in [1.165, 1.54) is 6.07 Å². The van der Waals surface area contributed by atoms with Crippen LogP contribution in [-0.2, 0) is 9.84 Å².